The van der Waals surface area contributed by atoms with E-state index in [9.17, 15) is 0 Å². The Morgan fingerprint density at radius 2 is 1.50 bits per heavy atom. The molecular formula is C18H30N2O2. The van der Waals surface area contributed by atoms with Crippen molar-refractivity contribution in [3.8, 4) is 0 Å². The minimum absolute atomic E-state index is 0.254. The molecule has 2 rings (SSSR count). The molecule has 2 heterocycles. The lowest BCUT2D eigenvalue weighted by molar-refractivity contribution is 0.265. The van der Waals surface area contributed by atoms with Gasteiger partial charge in [0.05, 0.1) is 13.1 Å². The molecule has 4 nitrogen and oxygen atoms in total. The summed E-state index contributed by atoms with van der Waals surface area (Å²) in [5.74, 6) is 1.67. The number of nitrogens with zero attached hydrogens (tertiary/aromatic N) is 2. The van der Waals surface area contributed by atoms with Crippen LogP contribution in [0.1, 0.15) is 58.3 Å². The van der Waals surface area contributed by atoms with Crippen LogP contribution in [0.2, 0.25) is 0 Å². The molecule has 124 valence electrons. The molecule has 0 atom stereocenters. The molecule has 0 saturated carbocycles. The van der Waals surface area contributed by atoms with Gasteiger partial charge in [0.2, 0.25) is 0 Å². The van der Waals surface area contributed by atoms with Gasteiger partial charge >= 0.3 is 0 Å². The van der Waals surface area contributed by atoms with Gasteiger partial charge < -0.3 is 9.47 Å². The maximum atomic E-state index is 5.73. The Labute approximate surface area is 134 Å². The van der Waals surface area contributed by atoms with Crippen molar-refractivity contribution < 1.29 is 9.47 Å². The van der Waals surface area contributed by atoms with Crippen LogP contribution in [0.5, 0.6) is 0 Å². The summed E-state index contributed by atoms with van der Waals surface area (Å²) in [5, 5.41) is 0. The van der Waals surface area contributed by atoms with Crippen LogP contribution >= 0.6 is 0 Å². The predicted octanol–water partition coefficient (Wildman–Crippen LogP) is 4.16. The third-order valence-electron chi connectivity index (χ3n) is 4.45. The van der Waals surface area contributed by atoms with Crippen LogP contribution in [0, 0.1) is 5.41 Å². The Hall–Kier alpha value is -1.32. The zero-order valence-corrected chi connectivity index (χ0v) is 14.0. The van der Waals surface area contributed by atoms with E-state index in [0.29, 0.717) is 13.2 Å². The summed E-state index contributed by atoms with van der Waals surface area (Å²) in [4.78, 5) is 9.05. The first kappa shape index (κ1) is 17.0. The van der Waals surface area contributed by atoms with Gasteiger partial charge in [-0.3, -0.25) is 9.98 Å². The van der Waals surface area contributed by atoms with E-state index in [4.69, 9.17) is 9.47 Å². The van der Waals surface area contributed by atoms with Crippen molar-refractivity contribution in [2.45, 2.75) is 58.3 Å². The van der Waals surface area contributed by atoms with Crippen LogP contribution in [-0.2, 0) is 9.47 Å². The van der Waals surface area contributed by atoms with E-state index in [0.717, 1.165) is 37.7 Å². The van der Waals surface area contributed by atoms with Crippen molar-refractivity contribution in [1.82, 2.24) is 0 Å². The van der Waals surface area contributed by atoms with Gasteiger partial charge in [0.25, 0.3) is 0 Å². The molecule has 0 aromatic heterocycles. The topological polar surface area (TPSA) is 43.2 Å². The molecule has 2 aliphatic rings. The lowest BCUT2D eigenvalue weighted by atomic mass is 9.83. The SMILES string of the molecule is C=CCCCCCCCCC(C)(C1=NCCO1)C1=NCCO1. The summed E-state index contributed by atoms with van der Waals surface area (Å²) in [6.45, 7) is 8.86. The molecule has 0 bridgehead atoms. The van der Waals surface area contributed by atoms with Gasteiger partial charge in [0.1, 0.15) is 18.6 Å². The van der Waals surface area contributed by atoms with E-state index < -0.39 is 0 Å². The number of ether oxygens (including phenoxy) is 2. The van der Waals surface area contributed by atoms with Crippen molar-refractivity contribution in [3.63, 3.8) is 0 Å². The maximum absolute atomic E-state index is 5.73. The normalized spacial score (nSPS) is 17.7. The summed E-state index contributed by atoms with van der Waals surface area (Å²) >= 11 is 0. The lowest BCUT2D eigenvalue weighted by Gasteiger charge is -2.28. The quantitative estimate of drug-likeness (QED) is 0.425. The van der Waals surface area contributed by atoms with Gasteiger partial charge in [-0.05, 0) is 26.2 Å². The molecule has 0 aliphatic carbocycles. The molecule has 0 unspecified atom stereocenters. The average molecular weight is 306 g/mol. The van der Waals surface area contributed by atoms with E-state index in [-0.39, 0.29) is 5.41 Å². The molecule has 0 saturated heterocycles. The Morgan fingerprint density at radius 1 is 0.955 bits per heavy atom. The Kier molecular flexibility index (Phi) is 6.94. The Morgan fingerprint density at radius 3 is 2.00 bits per heavy atom. The summed E-state index contributed by atoms with van der Waals surface area (Å²) in [6.07, 6.45) is 11.8. The molecule has 0 amide bonds. The van der Waals surface area contributed by atoms with E-state index in [2.05, 4.69) is 23.5 Å². The van der Waals surface area contributed by atoms with Gasteiger partial charge in [0, 0.05) is 0 Å². The molecule has 0 fully saturated rings. The second-order valence-electron chi connectivity index (χ2n) is 6.35. The number of unbranched alkanes of at least 4 members (excludes halogenated alkanes) is 6. The zero-order chi connectivity index (χ0) is 15.7. The Bertz CT molecular complexity index is 391. The molecule has 22 heavy (non-hydrogen) atoms. The first-order valence-corrected chi connectivity index (χ1v) is 8.74. The number of allylic oxidation sites excluding steroid dienone is 1. The van der Waals surface area contributed by atoms with Gasteiger partial charge in [0.15, 0.2) is 11.8 Å². The van der Waals surface area contributed by atoms with Crippen LogP contribution in [0.4, 0.5) is 0 Å². The van der Waals surface area contributed by atoms with E-state index in [1.54, 1.807) is 0 Å². The van der Waals surface area contributed by atoms with Crippen LogP contribution in [-0.4, -0.2) is 38.1 Å². The van der Waals surface area contributed by atoms with Crippen molar-refractivity contribution in [2.24, 2.45) is 15.4 Å². The van der Waals surface area contributed by atoms with Gasteiger partial charge in [-0.15, -0.1) is 6.58 Å². The van der Waals surface area contributed by atoms with Gasteiger partial charge in [-0.25, -0.2) is 0 Å². The summed E-state index contributed by atoms with van der Waals surface area (Å²) in [5.41, 5.74) is -0.254. The number of hydrogen-bond acceptors (Lipinski definition) is 4. The first-order chi connectivity index (χ1) is 10.8. The first-order valence-electron chi connectivity index (χ1n) is 8.74. The van der Waals surface area contributed by atoms with Gasteiger partial charge in [-0.1, -0.05) is 38.2 Å². The molecule has 4 heteroatoms. The summed E-state index contributed by atoms with van der Waals surface area (Å²) < 4.78 is 11.5. The second-order valence-corrected chi connectivity index (χ2v) is 6.35. The molecule has 0 radical (unpaired) electrons. The van der Waals surface area contributed by atoms with E-state index in [1.165, 1.54) is 38.5 Å². The lowest BCUT2D eigenvalue weighted by Crippen LogP contribution is -2.37. The fourth-order valence-electron chi connectivity index (χ4n) is 3.12. The molecule has 0 aromatic rings. The highest BCUT2D eigenvalue weighted by molar-refractivity contribution is 6.05. The van der Waals surface area contributed by atoms with E-state index in [1.807, 2.05) is 6.08 Å². The molecule has 0 spiro atoms. The third-order valence-corrected chi connectivity index (χ3v) is 4.45. The standard InChI is InChI=1S/C18H30N2O2/c1-3-4-5-6-7-8-9-10-11-18(2,16-19-12-14-21-16)17-20-13-15-22-17/h3H,1,4-15H2,2H3. The largest absolute Gasteiger partial charge is 0.478 e. The van der Waals surface area contributed by atoms with Crippen LogP contribution in [0.3, 0.4) is 0 Å². The smallest absolute Gasteiger partial charge is 0.199 e. The highest BCUT2D eigenvalue weighted by Crippen LogP contribution is 2.33. The number of aliphatic imine (C=N–C) groups is 2. The molecule has 2 aliphatic heterocycles. The molecule has 0 aromatic carbocycles. The van der Waals surface area contributed by atoms with Crippen LogP contribution < -0.4 is 0 Å². The predicted molar refractivity (Wildman–Crippen MR) is 91.7 cm³/mol. The minimum atomic E-state index is -0.254. The van der Waals surface area contributed by atoms with Crippen molar-refractivity contribution >= 4 is 11.8 Å². The van der Waals surface area contributed by atoms with E-state index >= 15 is 0 Å². The third kappa shape index (κ3) is 4.59. The second kappa shape index (κ2) is 8.96. The van der Waals surface area contributed by atoms with Crippen molar-refractivity contribution in [3.05, 3.63) is 12.7 Å². The van der Waals surface area contributed by atoms with Gasteiger partial charge in [-0.2, -0.15) is 0 Å². The highest BCUT2D eigenvalue weighted by Gasteiger charge is 2.41. The number of rotatable bonds is 11. The Balaban J connectivity index is 1.75. The van der Waals surface area contributed by atoms with Crippen LogP contribution in [0.15, 0.2) is 22.6 Å². The fourth-order valence-corrected chi connectivity index (χ4v) is 3.12. The molecular weight excluding hydrogens is 276 g/mol. The molecule has 0 N–H and O–H groups in total. The number of hydrogen-bond donors (Lipinski definition) is 0. The van der Waals surface area contributed by atoms with Crippen molar-refractivity contribution in [2.75, 3.05) is 26.3 Å². The van der Waals surface area contributed by atoms with Crippen LogP contribution in [0.25, 0.3) is 0 Å². The average Bonchev–Trinajstić information content (AvgIpc) is 3.23. The minimum Gasteiger partial charge on any atom is -0.478 e. The van der Waals surface area contributed by atoms with Crippen molar-refractivity contribution in [1.29, 1.82) is 0 Å². The highest BCUT2D eigenvalue weighted by atomic mass is 16.5. The fraction of sp³-hybridized carbons (Fsp3) is 0.778. The zero-order valence-electron chi connectivity index (χ0n) is 14.0. The summed E-state index contributed by atoms with van der Waals surface area (Å²) in [7, 11) is 0. The maximum Gasteiger partial charge on any atom is 0.199 e. The summed E-state index contributed by atoms with van der Waals surface area (Å²) in [6, 6.07) is 0. The monoisotopic (exact) mass is 306 g/mol.